The summed E-state index contributed by atoms with van der Waals surface area (Å²) in [5, 5.41) is 0.933. The highest BCUT2D eigenvalue weighted by Crippen LogP contribution is 2.35. The van der Waals surface area contributed by atoms with E-state index in [1.54, 1.807) is 6.07 Å². The van der Waals surface area contributed by atoms with Crippen molar-refractivity contribution in [1.82, 2.24) is 9.97 Å². The number of hydrogen-bond acceptors (Lipinski definition) is 4. The molecule has 19 heavy (non-hydrogen) atoms. The smallest absolute Gasteiger partial charge is 0.322 e. The number of rotatable bonds is 3. The van der Waals surface area contributed by atoms with E-state index in [-0.39, 0.29) is 16.7 Å². The molecule has 0 atom stereocenters. The summed E-state index contributed by atoms with van der Waals surface area (Å²) in [5.74, 6) is 0.288. The molecule has 1 aromatic heterocycles. The van der Waals surface area contributed by atoms with Gasteiger partial charge in [-0.2, -0.15) is 4.98 Å². The lowest BCUT2D eigenvalue weighted by atomic mass is 10.3. The van der Waals surface area contributed by atoms with E-state index in [1.807, 2.05) is 0 Å². The van der Waals surface area contributed by atoms with Crippen LogP contribution in [0.2, 0.25) is 15.1 Å². The highest BCUT2D eigenvalue weighted by molar-refractivity contribution is 7.80. The Morgan fingerprint density at radius 2 is 1.84 bits per heavy atom. The van der Waals surface area contributed by atoms with Gasteiger partial charge < -0.3 is 10.5 Å². The molecule has 0 bridgehead atoms. The van der Waals surface area contributed by atoms with Crippen molar-refractivity contribution in [1.29, 1.82) is 0 Å². The molecule has 2 N–H and O–H groups in total. The van der Waals surface area contributed by atoms with Crippen LogP contribution in [-0.2, 0) is 0 Å². The Labute approximate surface area is 129 Å². The number of nitrogens with zero attached hydrogens (tertiary/aromatic N) is 2. The van der Waals surface area contributed by atoms with Gasteiger partial charge in [0.1, 0.15) is 10.7 Å². The minimum absolute atomic E-state index is 0.0607. The van der Waals surface area contributed by atoms with Gasteiger partial charge >= 0.3 is 6.01 Å². The minimum Gasteiger partial charge on any atom is -0.423 e. The first kappa shape index (κ1) is 14.3. The van der Waals surface area contributed by atoms with Crippen molar-refractivity contribution in [3.63, 3.8) is 0 Å². The third-order valence-corrected chi connectivity index (χ3v) is 3.29. The highest BCUT2D eigenvalue weighted by atomic mass is 35.5. The molecule has 0 saturated carbocycles. The zero-order valence-corrected chi connectivity index (χ0v) is 12.3. The van der Waals surface area contributed by atoms with Crippen molar-refractivity contribution in [2.45, 2.75) is 0 Å². The van der Waals surface area contributed by atoms with E-state index >= 15 is 0 Å². The fourth-order valence-electron chi connectivity index (χ4n) is 1.21. The second-order valence-electron chi connectivity index (χ2n) is 3.39. The molecule has 0 saturated heterocycles. The second-order valence-corrected chi connectivity index (χ2v) is 5.05. The summed E-state index contributed by atoms with van der Waals surface area (Å²) in [7, 11) is 0. The Kier molecular flexibility index (Phi) is 4.42. The van der Waals surface area contributed by atoms with Crippen LogP contribution in [0.5, 0.6) is 11.8 Å². The van der Waals surface area contributed by atoms with Crippen LogP contribution in [-0.4, -0.2) is 15.0 Å². The van der Waals surface area contributed by atoms with Gasteiger partial charge in [-0.3, -0.25) is 0 Å². The maximum absolute atomic E-state index is 5.98. The van der Waals surface area contributed by atoms with Crippen molar-refractivity contribution >= 4 is 52.0 Å². The van der Waals surface area contributed by atoms with E-state index in [4.69, 9.17) is 57.5 Å². The fourth-order valence-corrected chi connectivity index (χ4v) is 1.90. The van der Waals surface area contributed by atoms with Crippen LogP contribution in [0.15, 0.2) is 24.4 Å². The van der Waals surface area contributed by atoms with Gasteiger partial charge in [-0.15, -0.1) is 0 Å². The second kappa shape index (κ2) is 5.88. The van der Waals surface area contributed by atoms with Gasteiger partial charge in [-0.1, -0.05) is 47.0 Å². The quantitative estimate of drug-likeness (QED) is 0.682. The van der Waals surface area contributed by atoms with Crippen molar-refractivity contribution in [2.75, 3.05) is 0 Å². The Hall–Kier alpha value is -1.14. The van der Waals surface area contributed by atoms with Crippen molar-refractivity contribution in [3.05, 3.63) is 45.2 Å². The monoisotopic (exact) mass is 333 g/mol. The SMILES string of the molecule is NC(=S)c1ccnc(Oc2cc(Cl)c(Cl)cc2Cl)n1. The molecule has 0 aliphatic carbocycles. The van der Waals surface area contributed by atoms with E-state index in [9.17, 15) is 0 Å². The van der Waals surface area contributed by atoms with Crippen LogP contribution in [0.3, 0.4) is 0 Å². The Bertz CT molecular complexity index is 651. The number of hydrogen-bond donors (Lipinski definition) is 1. The van der Waals surface area contributed by atoms with Gasteiger partial charge in [0.05, 0.1) is 15.1 Å². The van der Waals surface area contributed by atoms with Crippen molar-refractivity contribution in [2.24, 2.45) is 5.73 Å². The van der Waals surface area contributed by atoms with E-state index in [0.717, 1.165) is 0 Å². The predicted molar refractivity (Wildman–Crippen MR) is 79.5 cm³/mol. The number of halogens is 3. The van der Waals surface area contributed by atoms with Crippen LogP contribution >= 0.6 is 47.0 Å². The Balaban J connectivity index is 2.33. The minimum atomic E-state index is 0.0607. The Morgan fingerprint density at radius 3 is 2.53 bits per heavy atom. The third kappa shape index (κ3) is 3.45. The molecule has 1 heterocycles. The maximum Gasteiger partial charge on any atom is 0.322 e. The zero-order valence-electron chi connectivity index (χ0n) is 9.23. The standard InChI is InChI=1S/C11H6Cl3N3OS/c12-5-3-7(14)9(4-6(5)13)18-11-16-2-1-8(17-11)10(15)19/h1-4H,(H2,15,19). The van der Waals surface area contributed by atoms with Crippen LogP contribution in [0, 0.1) is 0 Å². The number of benzene rings is 1. The molecule has 0 spiro atoms. The number of aromatic nitrogens is 2. The summed E-state index contributed by atoms with van der Waals surface area (Å²) in [4.78, 5) is 8.10. The van der Waals surface area contributed by atoms with Gasteiger partial charge in [0, 0.05) is 12.3 Å². The topological polar surface area (TPSA) is 61.0 Å². The summed E-state index contributed by atoms with van der Waals surface area (Å²) in [6.45, 7) is 0. The molecular formula is C11H6Cl3N3OS. The molecule has 1 aromatic carbocycles. The Morgan fingerprint density at radius 1 is 1.16 bits per heavy atom. The lowest BCUT2D eigenvalue weighted by molar-refractivity contribution is 0.441. The first-order valence-corrected chi connectivity index (χ1v) is 6.47. The molecule has 0 aliphatic heterocycles. The predicted octanol–water partition coefficient (Wildman–Crippen LogP) is 3.86. The van der Waals surface area contributed by atoms with E-state index < -0.39 is 0 Å². The molecule has 2 aromatic rings. The van der Waals surface area contributed by atoms with E-state index in [1.165, 1.54) is 18.3 Å². The lowest BCUT2D eigenvalue weighted by Gasteiger charge is -2.07. The van der Waals surface area contributed by atoms with E-state index in [0.29, 0.717) is 20.8 Å². The van der Waals surface area contributed by atoms with Crippen molar-refractivity contribution < 1.29 is 4.74 Å². The number of nitrogens with two attached hydrogens (primary N) is 1. The number of ether oxygens (including phenoxy) is 1. The van der Waals surface area contributed by atoms with Gasteiger partial charge in [0.15, 0.2) is 5.75 Å². The zero-order chi connectivity index (χ0) is 14.0. The third-order valence-electron chi connectivity index (χ3n) is 2.06. The molecule has 0 unspecified atom stereocenters. The molecule has 2 rings (SSSR count). The first-order chi connectivity index (χ1) is 8.97. The largest absolute Gasteiger partial charge is 0.423 e. The molecule has 0 radical (unpaired) electrons. The average molecular weight is 335 g/mol. The maximum atomic E-state index is 5.98. The molecule has 0 fully saturated rings. The fraction of sp³-hybridized carbons (Fsp3) is 0. The summed E-state index contributed by atoms with van der Waals surface area (Å²) < 4.78 is 5.42. The van der Waals surface area contributed by atoms with Crippen LogP contribution < -0.4 is 10.5 Å². The van der Waals surface area contributed by atoms with Gasteiger partial charge in [0.25, 0.3) is 0 Å². The first-order valence-electron chi connectivity index (χ1n) is 4.92. The summed E-state index contributed by atoms with van der Waals surface area (Å²) >= 11 is 22.5. The summed E-state index contributed by atoms with van der Waals surface area (Å²) in [6, 6.07) is 4.58. The molecular weight excluding hydrogens is 329 g/mol. The average Bonchev–Trinajstić information content (AvgIpc) is 2.36. The molecule has 4 nitrogen and oxygen atoms in total. The van der Waals surface area contributed by atoms with Gasteiger partial charge in [-0.05, 0) is 12.1 Å². The summed E-state index contributed by atoms with van der Waals surface area (Å²) in [5.41, 5.74) is 5.87. The normalized spacial score (nSPS) is 10.3. The molecule has 0 aliphatic rings. The molecule has 0 amide bonds. The van der Waals surface area contributed by atoms with Crippen LogP contribution in [0.1, 0.15) is 5.69 Å². The summed E-state index contributed by atoms with van der Waals surface area (Å²) in [6.07, 6.45) is 1.47. The molecule has 8 heteroatoms. The number of thiocarbonyl (C=S) groups is 1. The van der Waals surface area contributed by atoms with E-state index in [2.05, 4.69) is 9.97 Å². The van der Waals surface area contributed by atoms with Crippen molar-refractivity contribution in [3.8, 4) is 11.8 Å². The molecule has 98 valence electrons. The lowest BCUT2D eigenvalue weighted by Crippen LogP contribution is -2.12. The highest BCUT2D eigenvalue weighted by Gasteiger charge is 2.10. The van der Waals surface area contributed by atoms with Gasteiger partial charge in [-0.25, -0.2) is 4.98 Å². The van der Waals surface area contributed by atoms with Crippen LogP contribution in [0.25, 0.3) is 0 Å². The van der Waals surface area contributed by atoms with Gasteiger partial charge in [0.2, 0.25) is 0 Å². The van der Waals surface area contributed by atoms with Crippen LogP contribution in [0.4, 0.5) is 0 Å².